The summed E-state index contributed by atoms with van der Waals surface area (Å²) < 4.78 is 26.1. The number of amides is 1. The second-order valence-corrected chi connectivity index (χ2v) is 5.81. The summed E-state index contributed by atoms with van der Waals surface area (Å²) in [6, 6.07) is 4.46. The van der Waals surface area contributed by atoms with Crippen LogP contribution in [0.1, 0.15) is 36.0 Å². The van der Waals surface area contributed by atoms with Gasteiger partial charge in [0.05, 0.1) is 0 Å². The van der Waals surface area contributed by atoms with E-state index in [1.165, 1.54) is 6.07 Å². The lowest BCUT2D eigenvalue weighted by Gasteiger charge is -2.35. The highest BCUT2D eigenvalue weighted by Crippen LogP contribution is 2.29. The van der Waals surface area contributed by atoms with Gasteiger partial charge in [0.25, 0.3) is 5.91 Å². The molecular formula is C15H18F2N2O. The lowest BCUT2D eigenvalue weighted by Crippen LogP contribution is -2.48. The Morgan fingerprint density at radius 2 is 1.85 bits per heavy atom. The van der Waals surface area contributed by atoms with Crippen LogP contribution in [0.3, 0.4) is 0 Å². The van der Waals surface area contributed by atoms with Crippen LogP contribution in [0, 0.1) is 11.6 Å². The third kappa shape index (κ3) is 2.42. The maximum atomic E-state index is 13.2. The Labute approximate surface area is 117 Å². The number of hydrogen-bond donors (Lipinski definition) is 1. The zero-order valence-corrected chi connectivity index (χ0v) is 11.4. The Morgan fingerprint density at radius 3 is 2.45 bits per heavy atom. The minimum Gasteiger partial charge on any atom is -0.339 e. The number of hydrogen-bond acceptors (Lipinski definition) is 2. The van der Waals surface area contributed by atoms with Gasteiger partial charge in [-0.1, -0.05) is 0 Å². The average molecular weight is 280 g/mol. The molecule has 0 aromatic heterocycles. The maximum Gasteiger partial charge on any atom is 0.253 e. The largest absolute Gasteiger partial charge is 0.339 e. The Balaban J connectivity index is 1.74. The molecule has 0 radical (unpaired) electrons. The summed E-state index contributed by atoms with van der Waals surface area (Å²) in [4.78, 5) is 14.0. The zero-order chi connectivity index (χ0) is 14.3. The second kappa shape index (κ2) is 5.13. The van der Waals surface area contributed by atoms with Gasteiger partial charge in [-0.2, -0.15) is 0 Å². The van der Waals surface area contributed by atoms with Crippen LogP contribution < -0.4 is 5.32 Å². The summed E-state index contributed by atoms with van der Waals surface area (Å²) in [5, 5.41) is 3.52. The molecule has 0 spiro atoms. The third-order valence-corrected chi connectivity index (χ3v) is 4.48. The SMILES string of the molecule is CN(C(=O)c1ccc(F)c(F)c1)C1CC2CCC(C1)N2. The molecule has 2 atom stereocenters. The number of carbonyl (C=O) groups is 1. The molecule has 2 fully saturated rings. The van der Waals surface area contributed by atoms with Crippen molar-refractivity contribution in [1.29, 1.82) is 0 Å². The molecule has 2 saturated heterocycles. The van der Waals surface area contributed by atoms with Crippen LogP contribution in [0.2, 0.25) is 0 Å². The van der Waals surface area contributed by atoms with Gasteiger partial charge in [-0.15, -0.1) is 0 Å². The molecule has 2 bridgehead atoms. The number of benzene rings is 1. The molecular weight excluding hydrogens is 262 g/mol. The molecule has 108 valence electrons. The number of halogens is 2. The van der Waals surface area contributed by atoms with Gasteiger partial charge in [-0.3, -0.25) is 4.79 Å². The Morgan fingerprint density at radius 1 is 1.20 bits per heavy atom. The standard InChI is InChI=1S/C15H18F2N2O/c1-19(12-7-10-3-4-11(8-12)18-10)15(20)9-2-5-13(16)14(17)6-9/h2,5-6,10-12,18H,3-4,7-8H2,1H3. The highest BCUT2D eigenvalue weighted by atomic mass is 19.2. The van der Waals surface area contributed by atoms with Crippen LogP contribution in [0.5, 0.6) is 0 Å². The van der Waals surface area contributed by atoms with E-state index < -0.39 is 11.6 Å². The minimum atomic E-state index is -0.977. The average Bonchev–Trinajstić information content (AvgIpc) is 2.79. The molecule has 1 aromatic rings. The van der Waals surface area contributed by atoms with Crippen LogP contribution in [0.15, 0.2) is 18.2 Å². The summed E-state index contributed by atoms with van der Waals surface area (Å²) in [6.45, 7) is 0. The minimum absolute atomic E-state index is 0.175. The first-order chi connectivity index (χ1) is 9.54. The van der Waals surface area contributed by atoms with Crippen LogP contribution >= 0.6 is 0 Å². The smallest absolute Gasteiger partial charge is 0.253 e. The van der Waals surface area contributed by atoms with Crippen LogP contribution in [0.25, 0.3) is 0 Å². The highest BCUT2D eigenvalue weighted by molar-refractivity contribution is 5.94. The van der Waals surface area contributed by atoms with Gasteiger partial charge in [0.15, 0.2) is 11.6 Å². The predicted octanol–water partition coefficient (Wildman–Crippen LogP) is 2.32. The molecule has 2 heterocycles. The Kier molecular flexibility index (Phi) is 3.46. The van der Waals surface area contributed by atoms with Crippen molar-refractivity contribution in [2.75, 3.05) is 7.05 Å². The van der Waals surface area contributed by atoms with Gasteiger partial charge < -0.3 is 10.2 Å². The molecule has 0 saturated carbocycles. The van der Waals surface area contributed by atoms with Gasteiger partial charge in [-0.25, -0.2) is 8.78 Å². The van der Waals surface area contributed by atoms with E-state index in [9.17, 15) is 13.6 Å². The van der Waals surface area contributed by atoms with E-state index in [0.717, 1.165) is 37.8 Å². The predicted molar refractivity (Wildman–Crippen MR) is 71.4 cm³/mol. The van der Waals surface area contributed by atoms with Gasteiger partial charge >= 0.3 is 0 Å². The van der Waals surface area contributed by atoms with Gasteiger partial charge in [-0.05, 0) is 43.9 Å². The van der Waals surface area contributed by atoms with Gasteiger partial charge in [0, 0.05) is 30.7 Å². The highest BCUT2D eigenvalue weighted by Gasteiger charge is 2.36. The van der Waals surface area contributed by atoms with E-state index in [0.29, 0.717) is 12.1 Å². The first-order valence-corrected chi connectivity index (χ1v) is 7.03. The summed E-state index contributed by atoms with van der Waals surface area (Å²) in [7, 11) is 1.75. The van der Waals surface area contributed by atoms with Crippen LogP contribution in [-0.2, 0) is 0 Å². The van der Waals surface area contributed by atoms with E-state index in [1.807, 2.05) is 0 Å². The van der Waals surface area contributed by atoms with Crippen molar-refractivity contribution in [3.05, 3.63) is 35.4 Å². The molecule has 2 unspecified atom stereocenters. The van der Waals surface area contributed by atoms with E-state index >= 15 is 0 Å². The summed E-state index contributed by atoms with van der Waals surface area (Å²) in [5.74, 6) is -2.14. The molecule has 5 heteroatoms. The summed E-state index contributed by atoms with van der Waals surface area (Å²) in [5.41, 5.74) is 0.206. The van der Waals surface area contributed by atoms with Crippen molar-refractivity contribution in [1.82, 2.24) is 10.2 Å². The fourth-order valence-electron chi connectivity index (χ4n) is 3.34. The topological polar surface area (TPSA) is 32.3 Å². The normalized spacial score (nSPS) is 28.4. The molecule has 1 amide bonds. The van der Waals surface area contributed by atoms with Crippen molar-refractivity contribution in [3.8, 4) is 0 Å². The first kappa shape index (κ1) is 13.5. The van der Waals surface area contributed by atoms with Crippen molar-refractivity contribution < 1.29 is 13.6 Å². The quantitative estimate of drug-likeness (QED) is 0.901. The van der Waals surface area contributed by atoms with Gasteiger partial charge in [0.2, 0.25) is 0 Å². The number of nitrogens with one attached hydrogen (secondary N) is 1. The van der Waals surface area contributed by atoms with E-state index in [1.54, 1.807) is 11.9 Å². The molecule has 1 N–H and O–H groups in total. The molecule has 1 aromatic carbocycles. The van der Waals surface area contributed by atoms with Crippen molar-refractivity contribution in [2.45, 2.75) is 43.8 Å². The maximum absolute atomic E-state index is 13.2. The van der Waals surface area contributed by atoms with Crippen molar-refractivity contribution in [3.63, 3.8) is 0 Å². The zero-order valence-electron chi connectivity index (χ0n) is 11.4. The van der Waals surface area contributed by atoms with Crippen molar-refractivity contribution in [2.24, 2.45) is 0 Å². The van der Waals surface area contributed by atoms with Crippen LogP contribution in [0.4, 0.5) is 8.78 Å². The Hall–Kier alpha value is -1.49. The van der Waals surface area contributed by atoms with E-state index in [4.69, 9.17) is 0 Å². The Bertz CT molecular complexity index is 523. The number of nitrogens with zero attached hydrogens (tertiary/aromatic N) is 1. The molecule has 3 rings (SSSR count). The molecule has 0 aliphatic carbocycles. The molecule has 2 aliphatic rings. The molecule has 3 nitrogen and oxygen atoms in total. The third-order valence-electron chi connectivity index (χ3n) is 4.48. The molecule has 20 heavy (non-hydrogen) atoms. The number of rotatable bonds is 2. The number of fused-ring (bicyclic) bond motifs is 2. The van der Waals surface area contributed by atoms with E-state index in [-0.39, 0.29) is 17.5 Å². The summed E-state index contributed by atoms with van der Waals surface area (Å²) in [6.07, 6.45) is 4.19. The fraction of sp³-hybridized carbons (Fsp3) is 0.533. The summed E-state index contributed by atoms with van der Waals surface area (Å²) >= 11 is 0. The monoisotopic (exact) mass is 280 g/mol. The fourth-order valence-corrected chi connectivity index (χ4v) is 3.34. The lowest BCUT2D eigenvalue weighted by molar-refractivity contribution is 0.0681. The number of piperidine rings is 1. The second-order valence-electron chi connectivity index (χ2n) is 5.81. The van der Waals surface area contributed by atoms with Gasteiger partial charge in [0.1, 0.15) is 0 Å². The first-order valence-electron chi connectivity index (χ1n) is 7.03. The van der Waals surface area contributed by atoms with Crippen molar-refractivity contribution >= 4 is 5.91 Å². The lowest BCUT2D eigenvalue weighted by atomic mass is 9.98. The van der Waals surface area contributed by atoms with Crippen LogP contribution in [-0.4, -0.2) is 36.0 Å². The number of carbonyl (C=O) groups excluding carboxylic acids is 1. The molecule has 2 aliphatic heterocycles. The van der Waals surface area contributed by atoms with E-state index in [2.05, 4.69) is 5.32 Å².